The van der Waals surface area contributed by atoms with Crippen molar-refractivity contribution in [2.45, 2.75) is 0 Å². The molecular formula is C21H21N3O4S2. The maximum Gasteiger partial charge on any atom is 0.273 e. The monoisotopic (exact) mass is 443 g/mol. The molecule has 1 fully saturated rings. The minimum absolute atomic E-state index is 0.0261. The first-order chi connectivity index (χ1) is 14.6. The molecule has 0 spiro atoms. The van der Waals surface area contributed by atoms with E-state index in [2.05, 4.69) is 4.98 Å². The number of amides is 2. The number of para-hydroxylation sites is 1. The molecule has 1 saturated heterocycles. The van der Waals surface area contributed by atoms with Crippen molar-refractivity contribution in [3.63, 3.8) is 0 Å². The van der Waals surface area contributed by atoms with Gasteiger partial charge in [0, 0.05) is 31.6 Å². The molecule has 1 aliphatic heterocycles. The number of nitrogens with zero attached hydrogens (tertiary/aromatic N) is 3. The third-order valence-corrected chi connectivity index (χ3v) is 6.68. The molecular weight excluding hydrogens is 422 g/mol. The number of aromatic nitrogens is 1. The summed E-state index contributed by atoms with van der Waals surface area (Å²) in [5.41, 5.74) is 1.19. The van der Waals surface area contributed by atoms with Gasteiger partial charge < -0.3 is 19.3 Å². The van der Waals surface area contributed by atoms with Crippen molar-refractivity contribution in [2.24, 2.45) is 0 Å². The molecule has 2 amide bonds. The molecule has 3 aromatic rings. The van der Waals surface area contributed by atoms with E-state index >= 15 is 0 Å². The van der Waals surface area contributed by atoms with Gasteiger partial charge in [0.25, 0.3) is 11.8 Å². The number of thiophene rings is 1. The lowest BCUT2D eigenvalue weighted by Gasteiger charge is -2.34. The minimum atomic E-state index is -0.123. The summed E-state index contributed by atoms with van der Waals surface area (Å²) in [6.07, 6.45) is 0. The molecule has 0 radical (unpaired) electrons. The van der Waals surface area contributed by atoms with E-state index in [1.165, 1.54) is 22.7 Å². The standard InChI is InChI=1S/C21H21N3O4S2/c1-27-16-6-3-5-14(18(16)28-2)19-22-15(13-30-19)20(25)23-8-10-24(11-9-23)21(26)17-7-4-12-29-17/h3-7,12-13H,8-11H2,1-2H3. The second-order valence-electron chi connectivity index (χ2n) is 6.64. The highest BCUT2D eigenvalue weighted by atomic mass is 32.1. The average molecular weight is 444 g/mol. The number of thiazole rings is 1. The highest BCUT2D eigenvalue weighted by molar-refractivity contribution is 7.13. The summed E-state index contributed by atoms with van der Waals surface area (Å²) in [6, 6.07) is 9.27. The largest absolute Gasteiger partial charge is 0.493 e. The number of hydrogen-bond acceptors (Lipinski definition) is 7. The van der Waals surface area contributed by atoms with E-state index in [4.69, 9.17) is 9.47 Å². The Morgan fingerprint density at radius 1 is 0.933 bits per heavy atom. The fraction of sp³-hybridized carbons (Fsp3) is 0.286. The zero-order valence-corrected chi connectivity index (χ0v) is 18.3. The van der Waals surface area contributed by atoms with Crippen LogP contribution in [0.1, 0.15) is 20.2 Å². The summed E-state index contributed by atoms with van der Waals surface area (Å²) in [5, 5.41) is 4.35. The molecule has 1 aromatic carbocycles. The van der Waals surface area contributed by atoms with Crippen LogP contribution in [0, 0.1) is 0 Å². The van der Waals surface area contributed by atoms with Gasteiger partial charge in [0.2, 0.25) is 0 Å². The second kappa shape index (κ2) is 8.85. The molecule has 0 atom stereocenters. The Bertz CT molecular complexity index is 1040. The van der Waals surface area contributed by atoms with Crippen LogP contribution in [0.5, 0.6) is 11.5 Å². The van der Waals surface area contributed by atoms with E-state index in [0.717, 1.165) is 10.4 Å². The van der Waals surface area contributed by atoms with Crippen molar-refractivity contribution in [1.29, 1.82) is 0 Å². The SMILES string of the molecule is COc1cccc(-c2nc(C(=O)N3CCN(C(=O)c4cccs4)CC3)cs2)c1OC. The summed E-state index contributed by atoms with van der Waals surface area (Å²) in [6.45, 7) is 2.02. The molecule has 0 N–H and O–H groups in total. The van der Waals surface area contributed by atoms with E-state index in [1.54, 1.807) is 29.4 Å². The summed E-state index contributed by atoms with van der Waals surface area (Å²) < 4.78 is 10.8. The summed E-state index contributed by atoms with van der Waals surface area (Å²) in [4.78, 5) is 34.2. The van der Waals surface area contributed by atoms with E-state index in [-0.39, 0.29) is 11.8 Å². The molecule has 9 heteroatoms. The molecule has 0 bridgehead atoms. The van der Waals surface area contributed by atoms with Gasteiger partial charge in [-0.05, 0) is 23.6 Å². The summed E-state index contributed by atoms with van der Waals surface area (Å²) in [7, 11) is 3.17. The Balaban J connectivity index is 1.45. The van der Waals surface area contributed by atoms with Crippen molar-refractivity contribution in [1.82, 2.24) is 14.8 Å². The number of carbonyl (C=O) groups is 2. The summed E-state index contributed by atoms with van der Waals surface area (Å²) in [5.74, 6) is 1.11. The van der Waals surface area contributed by atoms with E-state index in [1.807, 2.05) is 35.7 Å². The molecule has 3 heterocycles. The van der Waals surface area contributed by atoms with Crippen molar-refractivity contribution < 1.29 is 19.1 Å². The predicted molar refractivity (Wildman–Crippen MR) is 117 cm³/mol. The predicted octanol–water partition coefficient (Wildman–Crippen LogP) is 3.49. The highest BCUT2D eigenvalue weighted by Gasteiger charge is 2.27. The van der Waals surface area contributed by atoms with Gasteiger partial charge in [-0.3, -0.25) is 9.59 Å². The molecule has 7 nitrogen and oxygen atoms in total. The van der Waals surface area contributed by atoms with Gasteiger partial charge in [-0.1, -0.05) is 12.1 Å². The topological polar surface area (TPSA) is 72.0 Å². The van der Waals surface area contributed by atoms with Crippen LogP contribution >= 0.6 is 22.7 Å². The Hall–Kier alpha value is -2.91. The fourth-order valence-corrected chi connectivity index (χ4v) is 4.89. The highest BCUT2D eigenvalue weighted by Crippen LogP contribution is 2.39. The van der Waals surface area contributed by atoms with E-state index < -0.39 is 0 Å². The lowest BCUT2D eigenvalue weighted by atomic mass is 10.2. The zero-order chi connectivity index (χ0) is 21.1. The first-order valence-corrected chi connectivity index (χ1v) is 11.2. The third kappa shape index (κ3) is 3.90. The van der Waals surface area contributed by atoms with Crippen molar-refractivity contribution in [2.75, 3.05) is 40.4 Å². The minimum Gasteiger partial charge on any atom is -0.493 e. The average Bonchev–Trinajstić information content (AvgIpc) is 3.50. The maximum atomic E-state index is 12.9. The first kappa shape index (κ1) is 20.4. The number of hydrogen-bond donors (Lipinski definition) is 0. The van der Waals surface area contributed by atoms with Crippen molar-refractivity contribution in [3.8, 4) is 22.1 Å². The zero-order valence-electron chi connectivity index (χ0n) is 16.7. The number of carbonyl (C=O) groups excluding carboxylic acids is 2. The van der Waals surface area contributed by atoms with E-state index in [9.17, 15) is 9.59 Å². The number of rotatable bonds is 5. The number of methoxy groups -OCH3 is 2. The lowest BCUT2D eigenvalue weighted by molar-refractivity contribution is 0.0535. The smallest absolute Gasteiger partial charge is 0.273 e. The molecule has 1 aliphatic rings. The molecule has 4 rings (SSSR count). The van der Waals surface area contributed by atoms with Crippen molar-refractivity contribution in [3.05, 3.63) is 51.7 Å². The summed E-state index contributed by atoms with van der Waals surface area (Å²) >= 11 is 2.83. The van der Waals surface area contributed by atoms with Crippen molar-refractivity contribution >= 4 is 34.5 Å². The maximum absolute atomic E-state index is 12.9. The Morgan fingerprint density at radius 3 is 2.30 bits per heavy atom. The normalized spacial score (nSPS) is 13.9. The molecule has 0 saturated carbocycles. The van der Waals surface area contributed by atoms with Crippen LogP contribution in [0.3, 0.4) is 0 Å². The van der Waals surface area contributed by atoms with Gasteiger partial charge in [0.15, 0.2) is 11.5 Å². The molecule has 0 unspecified atom stereocenters. The van der Waals surface area contributed by atoms with Crippen LogP contribution in [0.2, 0.25) is 0 Å². The number of benzene rings is 1. The molecule has 2 aromatic heterocycles. The number of piperazine rings is 1. The number of ether oxygens (including phenoxy) is 2. The van der Waals surface area contributed by atoms with Crippen LogP contribution in [0.25, 0.3) is 10.6 Å². The first-order valence-electron chi connectivity index (χ1n) is 9.41. The fourth-order valence-electron chi connectivity index (χ4n) is 3.38. The van der Waals surface area contributed by atoms with Gasteiger partial charge in [0.05, 0.1) is 24.7 Å². The Labute approximate surface area is 182 Å². The Morgan fingerprint density at radius 2 is 1.67 bits per heavy atom. The lowest BCUT2D eigenvalue weighted by Crippen LogP contribution is -2.50. The van der Waals surface area contributed by atoms with Crippen LogP contribution < -0.4 is 9.47 Å². The van der Waals surface area contributed by atoms with Gasteiger partial charge >= 0.3 is 0 Å². The Kier molecular flexibility index (Phi) is 6.01. The van der Waals surface area contributed by atoms with Gasteiger partial charge in [-0.2, -0.15) is 0 Å². The molecule has 30 heavy (non-hydrogen) atoms. The van der Waals surface area contributed by atoms with Crippen LogP contribution in [0.15, 0.2) is 41.1 Å². The third-order valence-electron chi connectivity index (χ3n) is 4.94. The van der Waals surface area contributed by atoms with Crippen LogP contribution in [-0.4, -0.2) is 67.0 Å². The van der Waals surface area contributed by atoms with Gasteiger partial charge in [-0.15, -0.1) is 22.7 Å². The van der Waals surface area contributed by atoms with E-state index in [0.29, 0.717) is 48.4 Å². The van der Waals surface area contributed by atoms with Gasteiger partial charge in [-0.25, -0.2) is 4.98 Å². The molecule has 0 aliphatic carbocycles. The van der Waals surface area contributed by atoms with Gasteiger partial charge in [0.1, 0.15) is 10.7 Å². The molecule has 156 valence electrons. The van der Waals surface area contributed by atoms with Crippen LogP contribution in [0.4, 0.5) is 0 Å². The second-order valence-corrected chi connectivity index (χ2v) is 8.45. The quantitative estimate of drug-likeness (QED) is 0.604. The van der Waals surface area contributed by atoms with Crippen LogP contribution in [-0.2, 0) is 0 Å².